The second-order valence-corrected chi connectivity index (χ2v) is 26.5. The molecule has 0 aromatic heterocycles. The van der Waals surface area contributed by atoms with E-state index in [9.17, 15) is 47.9 Å². The number of piperidine rings is 1. The van der Waals surface area contributed by atoms with E-state index in [1.165, 1.54) is 48.0 Å². The Kier molecular flexibility index (Phi) is 32.4. The minimum Gasteiger partial charge on any atom is -0.354 e. The molecule has 2 aliphatic heterocycles. The number of nitrogens with one attached hydrogen (secondary N) is 9. The lowest BCUT2D eigenvalue weighted by Crippen LogP contribution is -2.65. The molecule has 10 amide bonds. The van der Waals surface area contributed by atoms with Crippen LogP contribution in [0.15, 0.2) is 0 Å². The molecule has 0 unspecified atom stereocenters. The number of carbonyl (C=O) groups excluding carboxylic acids is 10. The highest BCUT2D eigenvalue weighted by molar-refractivity contribution is 6.00. The first-order chi connectivity index (χ1) is 38.8. The molecule has 0 aromatic rings. The number of rotatable bonds is 38. The van der Waals surface area contributed by atoms with Gasteiger partial charge in [-0.3, -0.25) is 47.9 Å². The second kappa shape index (κ2) is 36.5. The van der Waals surface area contributed by atoms with Crippen LogP contribution in [-0.4, -0.2) is 154 Å². The fourth-order valence-corrected chi connectivity index (χ4v) is 10.5. The summed E-state index contributed by atoms with van der Waals surface area (Å²) in [6, 6.07) is -5.12. The van der Waals surface area contributed by atoms with Gasteiger partial charge in [0.1, 0.15) is 46.8 Å². The molecule has 2 fully saturated rings. The summed E-state index contributed by atoms with van der Waals surface area (Å²) in [5.74, 6) is -5.37. The van der Waals surface area contributed by atoms with E-state index in [0.29, 0.717) is 38.6 Å². The van der Waals surface area contributed by atoms with Gasteiger partial charge in [-0.2, -0.15) is 0 Å². The molecule has 21 heteroatoms. The SMILES string of the molecule is CCCCCCCC[C@H](NC(=O)[C@@H]1CCCN1C(=O)CCCCC)C(=O)N[C@@H](CC(C)C)C(=O)NC(C)(C)C(=O)N[C@@H](CC(C)C)C(=O)N[C@@H](CC(C)C)C(=O)NC(C)(C)C(=O)NC(C)(C)C(=O)NCCC(=O)N[C@@H](C)CN1CCCCC1. The van der Waals surface area contributed by atoms with E-state index in [1.807, 2.05) is 48.5 Å². The van der Waals surface area contributed by atoms with Crippen molar-refractivity contribution in [3.8, 4) is 0 Å². The predicted octanol–water partition coefficient (Wildman–Crippen LogP) is 5.57. The molecule has 0 radical (unpaired) electrons. The summed E-state index contributed by atoms with van der Waals surface area (Å²) in [4.78, 5) is 142. The Morgan fingerprint density at radius 3 is 1.49 bits per heavy atom. The van der Waals surface area contributed by atoms with Gasteiger partial charge in [-0.1, -0.05) is 113 Å². The standard InChI is InChI=1S/C62H113N11O10/c1-16-18-20-21-22-25-29-45(65-56(80)49-30-28-36-73(49)51(75)31-24-19-17-2)52(76)66-47(38-42(5)6)54(78)69-61(12,13)58(82)68-46(37-41(3)4)53(77)67-48(39-43(7)8)55(79)70-62(14,15)59(83)71-60(10,11)57(81)63-33-32-50(74)64-44(9)40-72-34-26-23-27-35-72/h41-49H,16-40H2,1-15H3,(H,63,81)(H,64,74)(H,65,80)(H,66,76)(H,67,77)(H,68,82)(H,69,78)(H,70,79)(H,71,83)/t44-,45-,46-,47-,48-,49-/m0/s1. The van der Waals surface area contributed by atoms with Gasteiger partial charge in [0.2, 0.25) is 59.1 Å². The van der Waals surface area contributed by atoms with Crippen LogP contribution < -0.4 is 47.9 Å². The maximum Gasteiger partial charge on any atom is 0.246 e. The van der Waals surface area contributed by atoms with Crippen molar-refractivity contribution in [1.29, 1.82) is 0 Å². The van der Waals surface area contributed by atoms with Crippen molar-refractivity contribution < 1.29 is 47.9 Å². The molecule has 0 aliphatic carbocycles. The first kappa shape index (κ1) is 73.8. The zero-order valence-electron chi connectivity index (χ0n) is 53.9. The minimum absolute atomic E-state index is 0.0458. The minimum atomic E-state index is -1.62. The molecule has 0 spiro atoms. The molecule has 2 rings (SSSR count). The molecule has 0 aromatic carbocycles. The van der Waals surface area contributed by atoms with Gasteiger partial charge >= 0.3 is 0 Å². The van der Waals surface area contributed by atoms with Crippen molar-refractivity contribution >= 4 is 59.1 Å². The van der Waals surface area contributed by atoms with Crippen LogP contribution in [0.3, 0.4) is 0 Å². The molecule has 21 nitrogen and oxygen atoms in total. The van der Waals surface area contributed by atoms with E-state index in [4.69, 9.17) is 0 Å². The normalized spacial score (nSPS) is 16.9. The van der Waals surface area contributed by atoms with E-state index in [1.54, 1.807) is 4.90 Å². The topological polar surface area (TPSA) is 285 Å². The molecular weight excluding hydrogens is 1060 g/mol. The predicted molar refractivity (Wildman–Crippen MR) is 325 cm³/mol. The van der Waals surface area contributed by atoms with Crippen LogP contribution in [0.2, 0.25) is 0 Å². The van der Waals surface area contributed by atoms with E-state index in [-0.39, 0.29) is 67.8 Å². The fourth-order valence-electron chi connectivity index (χ4n) is 10.5. The molecule has 2 heterocycles. The third kappa shape index (κ3) is 27.5. The average Bonchev–Trinajstić information content (AvgIpc) is 4.07. The summed E-state index contributed by atoms with van der Waals surface area (Å²) >= 11 is 0. The van der Waals surface area contributed by atoms with Crippen molar-refractivity contribution in [3.05, 3.63) is 0 Å². The number of amides is 10. The van der Waals surface area contributed by atoms with Gasteiger partial charge in [-0.15, -0.1) is 0 Å². The van der Waals surface area contributed by atoms with Crippen LogP contribution in [0.1, 0.15) is 232 Å². The highest BCUT2D eigenvalue weighted by Crippen LogP contribution is 2.22. The number of nitrogens with zero attached hydrogens (tertiary/aromatic N) is 2. The van der Waals surface area contributed by atoms with Crippen LogP contribution >= 0.6 is 0 Å². The van der Waals surface area contributed by atoms with Crippen LogP contribution in [0.4, 0.5) is 0 Å². The Bertz CT molecular complexity index is 2110. The van der Waals surface area contributed by atoms with Crippen LogP contribution in [-0.2, 0) is 47.9 Å². The molecule has 0 saturated carbocycles. The van der Waals surface area contributed by atoms with Gasteiger partial charge in [0.15, 0.2) is 0 Å². The van der Waals surface area contributed by atoms with Crippen molar-refractivity contribution in [2.75, 3.05) is 32.7 Å². The lowest BCUT2D eigenvalue weighted by atomic mass is 9.96. The average molecular weight is 1170 g/mol. The monoisotopic (exact) mass is 1170 g/mol. The molecule has 476 valence electrons. The Labute approximate surface area is 498 Å². The Balaban J connectivity index is 2.19. The molecule has 2 saturated heterocycles. The van der Waals surface area contributed by atoms with Gasteiger partial charge in [0.05, 0.1) is 0 Å². The number of hydrogen-bond donors (Lipinski definition) is 9. The maximum absolute atomic E-state index is 14.3. The highest BCUT2D eigenvalue weighted by Gasteiger charge is 2.41. The molecule has 2 aliphatic rings. The first-order valence-electron chi connectivity index (χ1n) is 31.6. The van der Waals surface area contributed by atoms with E-state index in [2.05, 4.69) is 66.6 Å². The summed E-state index contributed by atoms with van der Waals surface area (Å²) in [6.45, 7) is 29.7. The van der Waals surface area contributed by atoms with Crippen molar-refractivity contribution in [3.63, 3.8) is 0 Å². The van der Waals surface area contributed by atoms with E-state index < -0.39 is 94.1 Å². The van der Waals surface area contributed by atoms with E-state index >= 15 is 0 Å². The molecule has 83 heavy (non-hydrogen) atoms. The number of likely N-dealkylation sites (tertiary alicyclic amines) is 2. The summed E-state index contributed by atoms with van der Waals surface area (Å²) < 4.78 is 0. The Hall–Kier alpha value is -5.34. The molecule has 0 bridgehead atoms. The lowest BCUT2D eigenvalue weighted by Gasteiger charge is -2.34. The smallest absolute Gasteiger partial charge is 0.246 e. The molecular formula is C62H113N11O10. The zero-order chi connectivity index (χ0) is 62.7. The zero-order valence-corrected chi connectivity index (χ0v) is 53.9. The van der Waals surface area contributed by atoms with Crippen LogP contribution in [0.5, 0.6) is 0 Å². The number of carbonyl (C=O) groups is 10. The third-order valence-electron chi connectivity index (χ3n) is 15.4. The second-order valence-electron chi connectivity index (χ2n) is 26.5. The van der Waals surface area contributed by atoms with Crippen LogP contribution in [0, 0.1) is 17.8 Å². The van der Waals surface area contributed by atoms with Crippen molar-refractivity contribution in [2.45, 2.75) is 285 Å². The summed E-state index contributed by atoms with van der Waals surface area (Å²) in [5.41, 5.74) is -4.63. The van der Waals surface area contributed by atoms with Gasteiger partial charge in [0, 0.05) is 38.5 Å². The number of unbranched alkanes of at least 4 members (excludes halogenated alkanes) is 7. The summed E-state index contributed by atoms with van der Waals surface area (Å²) in [6.07, 6.45) is 14.3. The molecule has 6 atom stereocenters. The highest BCUT2D eigenvalue weighted by atomic mass is 16.2. The van der Waals surface area contributed by atoms with Gasteiger partial charge in [-0.25, -0.2) is 0 Å². The number of hydrogen-bond acceptors (Lipinski definition) is 11. The summed E-state index contributed by atoms with van der Waals surface area (Å²) in [5, 5.41) is 25.5. The maximum atomic E-state index is 14.3. The Morgan fingerprint density at radius 2 is 0.952 bits per heavy atom. The van der Waals surface area contributed by atoms with E-state index in [0.717, 1.165) is 83.8 Å². The Morgan fingerprint density at radius 1 is 0.470 bits per heavy atom. The van der Waals surface area contributed by atoms with Crippen molar-refractivity contribution in [2.24, 2.45) is 17.8 Å². The lowest BCUT2D eigenvalue weighted by molar-refractivity contribution is -0.140. The quantitative estimate of drug-likeness (QED) is 0.0345. The first-order valence-corrected chi connectivity index (χ1v) is 31.6. The van der Waals surface area contributed by atoms with Gasteiger partial charge < -0.3 is 57.7 Å². The van der Waals surface area contributed by atoms with Crippen molar-refractivity contribution in [1.82, 2.24) is 57.7 Å². The molecule has 9 N–H and O–H groups in total. The third-order valence-corrected chi connectivity index (χ3v) is 15.4. The van der Waals surface area contributed by atoms with Gasteiger partial charge in [0.25, 0.3) is 0 Å². The summed E-state index contributed by atoms with van der Waals surface area (Å²) in [7, 11) is 0. The fraction of sp³-hybridized carbons (Fsp3) is 0.839. The van der Waals surface area contributed by atoms with Gasteiger partial charge in [-0.05, 0) is 137 Å². The largest absolute Gasteiger partial charge is 0.354 e. The van der Waals surface area contributed by atoms with Crippen LogP contribution in [0.25, 0.3) is 0 Å².